The van der Waals surface area contributed by atoms with E-state index in [1.807, 2.05) is 24.3 Å². The summed E-state index contributed by atoms with van der Waals surface area (Å²) in [4.78, 5) is 2.35. The Kier molecular flexibility index (Phi) is 4.35. The molecule has 1 fully saturated rings. The molecule has 2 aliphatic heterocycles. The maximum absolute atomic E-state index is 13.9. The van der Waals surface area contributed by atoms with Crippen molar-refractivity contribution in [1.29, 1.82) is 0 Å². The van der Waals surface area contributed by atoms with Crippen molar-refractivity contribution in [2.75, 3.05) is 0 Å². The number of alkyl halides is 3. The second-order valence-corrected chi connectivity index (χ2v) is 7.01. The predicted octanol–water partition coefficient (Wildman–Crippen LogP) is 5.66. The molecule has 1 nitrogen and oxygen atoms in total. The van der Waals surface area contributed by atoms with Gasteiger partial charge in [-0.1, -0.05) is 48.5 Å². The van der Waals surface area contributed by atoms with E-state index in [1.165, 1.54) is 17.7 Å². The van der Waals surface area contributed by atoms with Crippen LogP contribution >= 0.6 is 0 Å². The Bertz CT molecular complexity index is 826. The molecule has 0 aliphatic carbocycles. The van der Waals surface area contributed by atoms with Crippen LogP contribution in [0.3, 0.4) is 0 Å². The Morgan fingerprint density at radius 2 is 1.73 bits per heavy atom. The molecule has 2 bridgehead atoms. The molecule has 0 N–H and O–H groups in total. The van der Waals surface area contributed by atoms with Crippen molar-refractivity contribution >= 4 is 5.57 Å². The van der Waals surface area contributed by atoms with Gasteiger partial charge in [0, 0.05) is 18.6 Å². The zero-order valence-electron chi connectivity index (χ0n) is 14.1. The molecule has 0 amide bonds. The van der Waals surface area contributed by atoms with E-state index in [1.54, 1.807) is 0 Å². The number of hydrogen-bond donors (Lipinski definition) is 0. The molecule has 2 aliphatic rings. The van der Waals surface area contributed by atoms with Crippen molar-refractivity contribution in [3.8, 4) is 0 Å². The van der Waals surface area contributed by atoms with Crippen LogP contribution in [0.25, 0.3) is 5.57 Å². The van der Waals surface area contributed by atoms with Crippen molar-refractivity contribution in [3.63, 3.8) is 0 Å². The highest BCUT2D eigenvalue weighted by Gasteiger charge is 2.41. The summed E-state index contributed by atoms with van der Waals surface area (Å²) in [6.45, 7) is 0.787. The smallest absolute Gasteiger partial charge is 0.289 e. The molecule has 2 atom stereocenters. The van der Waals surface area contributed by atoms with E-state index in [9.17, 15) is 17.6 Å². The van der Waals surface area contributed by atoms with E-state index < -0.39 is 17.6 Å². The lowest BCUT2D eigenvalue weighted by atomic mass is 9.90. The molecule has 2 aromatic rings. The first-order valence-electron chi connectivity index (χ1n) is 8.80. The molecule has 26 heavy (non-hydrogen) atoms. The van der Waals surface area contributed by atoms with E-state index in [-0.39, 0.29) is 17.6 Å². The maximum atomic E-state index is 13.9. The summed E-state index contributed by atoms with van der Waals surface area (Å²) in [6, 6.07) is 14.0. The summed E-state index contributed by atoms with van der Waals surface area (Å²) in [5.41, 5.74) is 0.674. The molecule has 1 saturated heterocycles. The zero-order chi connectivity index (χ0) is 18.3. The van der Waals surface area contributed by atoms with Crippen LogP contribution in [-0.2, 0) is 12.7 Å². The lowest BCUT2D eigenvalue weighted by molar-refractivity contribution is -0.140. The summed E-state index contributed by atoms with van der Waals surface area (Å²) in [5, 5.41) is 0. The third-order valence-electron chi connectivity index (χ3n) is 5.39. The van der Waals surface area contributed by atoms with Gasteiger partial charge in [-0.05, 0) is 42.0 Å². The van der Waals surface area contributed by atoms with E-state index in [0.717, 1.165) is 25.5 Å². The first kappa shape index (κ1) is 17.3. The molecule has 5 heteroatoms. The van der Waals surface area contributed by atoms with Crippen LogP contribution in [0.5, 0.6) is 0 Å². The summed E-state index contributed by atoms with van der Waals surface area (Å²) >= 11 is 0. The van der Waals surface area contributed by atoms with E-state index in [4.69, 9.17) is 0 Å². The molecule has 0 spiro atoms. The molecule has 2 heterocycles. The topological polar surface area (TPSA) is 3.24 Å². The van der Waals surface area contributed by atoms with Gasteiger partial charge in [-0.15, -0.1) is 0 Å². The lowest BCUT2D eigenvalue weighted by Crippen LogP contribution is -2.37. The van der Waals surface area contributed by atoms with Crippen molar-refractivity contribution in [3.05, 3.63) is 77.1 Å². The maximum Gasteiger partial charge on any atom is 0.419 e. The SMILES string of the molecule is Fc1cccc(C2=CC3CCC(C2)N3Cc2ccccc2)c1C(F)(F)F. The largest absolute Gasteiger partial charge is 0.419 e. The Morgan fingerprint density at radius 3 is 2.42 bits per heavy atom. The monoisotopic (exact) mass is 361 g/mol. The normalized spacial score (nSPS) is 23.2. The summed E-state index contributed by atoms with van der Waals surface area (Å²) in [5.74, 6) is -1.20. The Hall–Kier alpha value is -2.14. The Morgan fingerprint density at radius 1 is 0.962 bits per heavy atom. The first-order valence-corrected chi connectivity index (χ1v) is 8.80. The van der Waals surface area contributed by atoms with Gasteiger partial charge in [0.25, 0.3) is 0 Å². The fraction of sp³-hybridized carbons (Fsp3) is 0.333. The molecule has 0 saturated carbocycles. The summed E-state index contributed by atoms with van der Waals surface area (Å²) in [7, 11) is 0. The van der Waals surface area contributed by atoms with Crippen LogP contribution in [0.1, 0.15) is 36.0 Å². The minimum atomic E-state index is -4.69. The van der Waals surface area contributed by atoms with Gasteiger partial charge < -0.3 is 0 Å². The highest BCUT2D eigenvalue weighted by molar-refractivity contribution is 5.71. The van der Waals surface area contributed by atoms with E-state index in [2.05, 4.69) is 17.0 Å². The highest BCUT2D eigenvalue weighted by Crippen LogP contribution is 2.43. The number of nitrogens with zero attached hydrogens (tertiary/aromatic N) is 1. The fourth-order valence-electron chi connectivity index (χ4n) is 4.24. The van der Waals surface area contributed by atoms with Crippen molar-refractivity contribution in [2.45, 2.75) is 44.1 Å². The number of rotatable bonds is 3. The average Bonchev–Trinajstić information content (AvgIpc) is 2.83. The van der Waals surface area contributed by atoms with Crippen LogP contribution < -0.4 is 0 Å². The van der Waals surface area contributed by atoms with Gasteiger partial charge in [0.15, 0.2) is 0 Å². The second kappa shape index (κ2) is 6.54. The van der Waals surface area contributed by atoms with Gasteiger partial charge in [0.2, 0.25) is 0 Å². The van der Waals surface area contributed by atoms with E-state index in [0.29, 0.717) is 12.0 Å². The summed E-state index contributed by atoms with van der Waals surface area (Å²) < 4.78 is 54.0. The first-order chi connectivity index (χ1) is 12.4. The highest BCUT2D eigenvalue weighted by atomic mass is 19.4. The number of halogens is 4. The van der Waals surface area contributed by atoms with Crippen molar-refractivity contribution in [2.24, 2.45) is 0 Å². The van der Waals surface area contributed by atoms with E-state index >= 15 is 0 Å². The predicted molar refractivity (Wildman–Crippen MR) is 92.8 cm³/mol. The minimum absolute atomic E-state index is 0.00578. The lowest BCUT2D eigenvalue weighted by Gasteiger charge is -2.34. The number of benzene rings is 2. The average molecular weight is 361 g/mol. The van der Waals surface area contributed by atoms with Crippen LogP contribution in [0.2, 0.25) is 0 Å². The molecule has 136 valence electrons. The Balaban J connectivity index is 1.66. The van der Waals surface area contributed by atoms with Crippen LogP contribution in [0.4, 0.5) is 17.6 Å². The molecule has 2 aromatic carbocycles. The van der Waals surface area contributed by atoms with Crippen molar-refractivity contribution in [1.82, 2.24) is 4.90 Å². The molecular formula is C21H19F4N. The van der Waals surface area contributed by atoms with Crippen LogP contribution in [0, 0.1) is 5.82 Å². The molecular weight excluding hydrogens is 342 g/mol. The molecule has 0 radical (unpaired) electrons. The molecule has 4 rings (SSSR count). The quantitative estimate of drug-likeness (QED) is 0.637. The van der Waals surface area contributed by atoms with Gasteiger partial charge in [-0.25, -0.2) is 4.39 Å². The van der Waals surface area contributed by atoms with Gasteiger partial charge in [-0.2, -0.15) is 13.2 Å². The Labute approximate surface area is 149 Å². The van der Waals surface area contributed by atoms with Crippen molar-refractivity contribution < 1.29 is 17.6 Å². The van der Waals surface area contributed by atoms with Gasteiger partial charge in [-0.3, -0.25) is 4.90 Å². The van der Waals surface area contributed by atoms with Crippen LogP contribution in [0.15, 0.2) is 54.6 Å². The third kappa shape index (κ3) is 3.16. The minimum Gasteiger partial charge on any atom is -0.289 e. The van der Waals surface area contributed by atoms with Gasteiger partial charge in [0.05, 0.1) is 5.56 Å². The standard InChI is InChI=1S/C21H19F4N/c22-19-8-4-7-18(20(19)21(23,24)25)15-11-16-9-10-17(12-15)26(16)13-14-5-2-1-3-6-14/h1-8,11,16-17H,9-10,12-13H2. The van der Waals surface area contributed by atoms with Gasteiger partial charge in [0.1, 0.15) is 5.82 Å². The van der Waals surface area contributed by atoms with Crippen LogP contribution in [-0.4, -0.2) is 17.0 Å². The third-order valence-corrected chi connectivity index (χ3v) is 5.39. The van der Waals surface area contributed by atoms with Gasteiger partial charge >= 0.3 is 6.18 Å². The zero-order valence-corrected chi connectivity index (χ0v) is 14.1. The fourth-order valence-corrected chi connectivity index (χ4v) is 4.24. The molecule has 0 aromatic heterocycles. The second-order valence-electron chi connectivity index (χ2n) is 7.01. The number of hydrogen-bond acceptors (Lipinski definition) is 1. The number of fused-ring (bicyclic) bond motifs is 2. The summed E-state index contributed by atoms with van der Waals surface area (Å²) in [6.07, 6.45) is -0.375. The molecule has 2 unspecified atom stereocenters.